The maximum Gasteiger partial charge on any atom is 0.411 e. The molecule has 0 bridgehead atoms. The van der Waals surface area contributed by atoms with Crippen LogP contribution in [0.1, 0.15) is 39.0 Å². The second-order valence-electron chi connectivity index (χ2n) is 6.06. The van der Waals surface area contributed by atoms with Gasteiger partial charge in [0.25, 0.3) is 0 Å². The van der Waals surface area contributed by atoms with Gasteiger partial charge in [0.05, 0.1) is 12.0 Å². The summed E-state index contributed by atoms with van der Waals surface area (Å²) < 4.78 is 41.4. The molecule has 0 aromatic heterocycles. The van der Waals surface area contributed by atoms with E-state index in [9.17, 15) is 18.0 Å². The van der Waals surface area contributed by atoms with Gasteiger partial charge in [-0.1, -0.05) is 0 Å². The van der Waals surface area contributed by atoms with E-state index in [0.29, 0.717) is 12.8 Å². The van der Waals surface area contributed by atoms with Crippen LogP contribution in [0.15, 0.2) is 0 Å². The molecular weight excluding hydrogens is 285 g/mol. The van der Waals surface area contributed by atoms with Crippen molar-refractivity contribution in [3.8, 4) is 0 Å². The molecule has 0 aromatic carbocycles. The van der Waals surface area contributed by atoms with E-state index in [1.807, 2.05) is 6.92 Å². The maximum atomic E-state index is 12.2. The fraction of sp³-hybridized carbons (Fsp3) is 0.929. The Balaban J connectivity index is 1.77. The minimum absolute atomic E-state index is 0.00831. The Hall–Kier alpha value is -0.820. The Labute approximate surface area is 122 Å². The molecule has 1 aliphatic carbocycles. The maximum absolute atomic E-state index is 12.2. The standard InChI is InChI=1S/C14H23F3N2O2/c1-9-12(5-6-18-9)13(20)19-10-3-2-4-11(7-10)21-8-14(15,16)17/h9-12,18H,2-8H2,1H3,(H,19,20). The number of carbonyl (C=O) groups is 1. The number of hydrogen-bond donors (Lipinski definition) is 2. The van der Waals surface area contributed by atoms with Crippen LogP contribution in [-0.2, 0) is 9.53 Å². The summed E-state index contributed by atoms with van der Waals surface area (Å²) in [4.78, 5) is 12.2. The molecule has 2 fully saturated rings. The van der Waals surface area contributed by atoms with Gasteiger partial charge >= 0.3 is 6.18 Å². The number of alkyl halides is 3. The molecule has 2 aliphatic rings. The summed E-state index contributed by atoms with van der Waals surface area (Å²) in [7, 11) is 0. The molecule has 0 radical (unpaired) electrons. The van der Waals surface area contributed by atoms with E-state index in [2.05, 4.69) is 10.6 Å². The second-order valence-corrected chi connectivity index (χ2v) is 6.06. The van der Waals surface area contributed by atoms with Crippen LogP contribution in [0.3, 0.4) is 0 Å². The molecule has 0 aromatic rings. The van der Waals surface area contributed by atoms with Crippen LogP contribution in [0.4, 0.5) is 13.2 Å². The molecule has 1 amide bonds. The summed E-state index contributed by atoms with van der Waals surface area (Å²) in [6.07, 6.45) is -1.20. The van der Waals surface area contributed by atoms with Gasteiger partial charge in [0, 0.05) is 12.1 Å². The van der Waals surface area contributed by atoms with Crippen LogP contribution in [0.25, 0.3) is 0 Å². The van der Waals surface area contributed by atoms with Crippen molar-refractivity contribution in [1.29, 1.82) is 0 Å². The molecule has 4 nitrogen and oxygen atoms in total. The highest BCUT2D eigenvalue weighted by Crippen LogP contribution is 2.25. The lowest BCUT2D eigenvalue weighted by Crippen LogP contribution is -2.45. The lowest BCUT2D eigenvalue weighted by atomic mass is 9.91. The highest BCUT2D eigenvalue weighted by Gasteiger charge is 2.34. The minimum atomic E-state index is -4.29. The lowest BCUT2D eigenvalue weighted by Gasteiger charge is -2.31. The number of hydrogen-bond acceptors (Lipinski definition) is 3. The predicted octanol–water partition coefficient (Wildman–Crippen LogP) is 1.99. The number of ether oxygens (including phenoxy) is 1. The Morgan fingerprint density at radius 2 is 2.10 bits per heavy atom. The lowest BCUT2D eigenvalue weighted by molar-refractivity contribution is -0.188. The van der Waals surface area contributed by atoms with Gasteiger partial charge in [-0.25, -0.2) is 0 Å². The smallest absolute Gasteiger partial charge is 0.369 e. The summed E-state index contributed by atoms with van der Waals surface area (Å²) in [5.74, 6) is -0.0320. The van der Waals surface area contributed by atoms with Crippen LogP contribution in [0, 0.1) is 5.92 Å². The van der Waals surface area contributed by atoms with Crippen molar-refractivity contribution >= 4 is 5.91 Å². The van der Waals surface area contributed by atoms with E-state index in [-0.39, 0.29) is 23.9 Å². The van der Waals surface area contributed by atoms with Crippen molar-refractivity contribution in [1.82, 2.24) is 10.6 Å². The Kier molecular flexibility index (Phi) is 5.48. The Morgan fingerprint density at radius 1 is 1.33 bits per heavy atom. The fourth-order valence-electron chi connectivity index (χ4n) is 3.16. The summed E-state index contributed by atoms with van der Waals surface area (Å²) in [6.45, 7) is 1.61. The predicted molar refractivity (Wildman–Crippen MR) is 71.8 cm³/mol. The second kappa shape index (κ2) is 6.96. The Morgan fingerprint density at radius 3 is 2.71 bits per heavy atom. The molecule has 1 saturated heterocycles. The summed E-state index contributed by atoms with van der Waals surface area (Å²) in [5.41, 5.74) is 0. The van der Waals surface area contributed by atoms with Crippen LogP contribution >= 0.6 is 0 Å². The zero-order valence-corrected chi connectivity index (χ0v) is 12.2. The highest BCUT2D eigenvalue weighted by molar-refractivity contribution is 5.80. The third-order valence-electron chi connectivity index (χ3n) is 4.32. The van der Waals surface area contributed by atoms with Gasteiger partial charge in [0.15, 0.2) is 0 Å². The molecule has 1 saturated carbocycles. The quantitative estimate of drug-likeness (QED) is 0.835. The zero-order chi connectivity index (χ0) is 15.5. The van der Waals surface area contributed by atoms with Crippen molar-refractivity contribution < 1.29 is 22.7 Å². The number of nitrogens with one attached hydrogen (secondary N) is 2. The normalized spacial score (nSPS) is 33.9. The number of rotatable bonds is 4. The Bertz CT molecular complexity index is 363. The molecule has 1 heterocycles. The third-order valence-corrected chi connectivity index (χ3v) is 4.32. The molecule has 4 unspecified atom stereocenters. The van der Waals surface area contributed by atoms with Crippen molar-refractivity contribution in [3.05, 3.63) is 0 Å². The zero-order valence-electron chi connectivity index (χ0n) is 12.2. The van der Waals surface area contributed by atoms with Gasteiger partial charge in [-0.2, -0.15) is 13.2 Å². The van der Waals surface area contributed by atoms with Crippen LogP contribution in [0.5, 0.6) is 0 Å². The van der Waals surface area contributed by atoms with E-state index in [1.54, 1.807) is 0 Å². The van der Waals surface area contributed by atoms with Crippen molar-refractivity contribution in [2.45, 2.75) is 63.4 Å². The number of halogens is 3. The molecule has 1 aliphatic heterocycles. The number of carbonyl (C=O) groups excluding carboxylic acids is 1. The monoisotopic (exact) mass is 308 g/mol. The summed E-state index contributed by atoms with van der Waals surface area (Å²) >= 11 is 0. The van der Waals surface area contributed by atoms with Gasteiger partial charge in [0.2, 0.25) is 5.91 Å². The first kappa shape index (κ1) is 16.5. The molecule has 0 spiro atoms. The van der Waals surface area contributed by atoms with E-state index < -0.39 is 18.9 Å². The highest BCUT2D eigenvalue weighted by atomic mass is 19.4. The van der Waals surface area contributed by atoms with Gasteiger partial charge in [-0.15, -0.1) is 0 Å². The number of amides is 1. The van der Waals surface area contributed by atoms with Crippen molar-refractivity contribution in [3.63, 3.8) is 0 Å². The van der Waals surface area contributed by atoms with Crippen LogP contribution in [0.2, 0.25) is 0 Å². The third kappa shape index (κ3) is 5.14. The van der Waals surface area contributed by atoms with Crippen molar-refractivity contribution in [2.75, 3.05) is 13.2 Å². The summed E-state index contributed by atoms with van der Waals surface area (Å²) in [6, 6.07) is 0.0863. The molecule has 2 rings (SSSR count). The first-order valence-electron chi connectivity index (χ1n) is 7.57. The largest absolute Gasteiger partial charge is 0.411 e. The van der Waals surface area contributed by atoms with E-state index >= 15 is 0 Å². The molecule has 7 heteroatoms. The van der Waals surface area contributed by atoms with Gasteiger partial charge in [-0.05, 0) is 45.6 Å². The average molecular weight is 308 g/mol. The summed E-state index contributed by atoms with van der Waals surface area (Å²) in [5, 5.41) is 6.20. The molecular formula is C14H23F3N2O2. The van der Waals surface area contributed by atoms with Gasteiger partial charge in [0.1, 0.15) is 6.61 Å². The molecule has 122 valence electrons. The van der Waals surface area contributed by atoms with E-state index in [4.69, 9.17) is 4.74 Å². The van der Waals surface area contributed by atoms with E-state index in [1.165, 1.54) is 0 Å². The van der Waals surface area contributed by atoms with Crippen LogP contribution in [-0.4, -0.2) is 43.4 Å². The minimum Gasteiger partial charge on any atom is -0.369 e. The van der Waals surface area contributed by atoms with E-state index in [0.717, 1.165) is 25.8 Å². The van der Waals surface area contributed by atoms with Gasteiger partial charge < -0.3 is 15.4 Å². The molecule has 2 N–H and O–H groups in total. The van der Waals surface area contributed by atoms with Crippen LogP contribution < -0.4 is 10.6 Å². The molecule has 21 heavy (non-hydrogen) atoms. The fourth-order valence-corrected chi connectivity index (χ4v) is 3.16. The van der Waals surface area contributed by atoms with Crippen molar-refractivity contribution in [2.24, 2.45) is 5.92 Å². The molecule has 4 atom stereocenters. The first-order valence-corrected chi connectivity index (χ1v) is 7.57. The SMILES string of the molecule is CC1NCCC1C(=O)NC1CCCC(OCC(F)(F)F)C1. The average Bonchev–Trinajstić information content (AvgIpc) is 2.82. The van der Waals surface area contributed by atoms with Gasteiger partial charge in [-0.3, -0.25) is 4.79 Å². The topological polar surface area (TPSA) is 50.4 Å². The first-order chi connectivity index (χ1) is 9.85.